The molecule has 3 atom stereocenters. The molecule has 0 radical (unpaired) electrons. The highest BCUT2D eigenvalue weighted by atomic mass is 16.5. The quantitative estimate of drug-likeness (QED) is 0.514. The first-order chi connectivity index (χ1) is 17.1. The van der Waals surface area contributed by atoms with Crippen molar-refractivity contribution in [1.82, 2.24) is 25.3 Å². The van der Waals surface area contributed by atoms with Crippen molar-refractivity contribution in [3.8, 4) is 28.1 Å². The third-order valence-electron chi connectivity index (χ3n) is 8.31. The van der Waals surface area contributed by atoms with Crippen LogP contribution in [0.5, 0.6) is 5.75 Å². The van der Waals surface area contributed by atoms with E-state index in [4.69, 9.17) is 4.74 Å². The van der Waals surface area contributed by atoms with E-state index in [0.29, 0.717) is 5.75 Å². The number of piperidine rings is 1. The third-order valence-corrected chi connectivity index (χ3v) is 8.31. The van der Waals surface area contributed by atoms with Crippen LogP contribution in [0.15, 0.2) is 42.7 Å². The third kappa shape index (κ3) is 3.86. The van der Waals surface area contributed by atoms with Crippen LogP contribution in [0.1, 0.15) is 46.5 Å². The molecule has 0 unspecified atom stereocenters. The van der Waals surface area contributed by atoms with E-state index in [1.165, 1.54) is 0 Å². The van der Waals surface area contributed by atoms with Gasteiger partial charge in [-0.3, -0.25) is 10.00 Å². The van der Waals surface area contributed by atoms with Crippen molar-refractivity contribution in [2.75, 3.05) is 19.1 Å². The molecule has 1 aromatic carbocycles. The summed E-state index contributed by atoms with van der Waals surface area (Å²) in [6.07, 6.45) is 6.21. The number of benzene rings is 1. The first kappa shape index (κ1) is 24.1. The normalized spacial score (nSPS) is 23.5. The van der Waals surface area contributed by atoms with E-state index in [2.05, 4.69) is 46.1 Å². The van der Waals surface area contributed by atoms with Gasteiger partial charge in [0.1, 0.15) is 5.75 Å². The van der Waals surface area contributed by atoms with Crippen molar-refractivity contribution in [1.29, 1.82) is 0 Å². The average Bonchev–Trinajstić information content (AvgIpc) is 3.48. The second kappa shape index (κ2) is 8.80. The van der Waals surface area contributed by atoms with Crippen LogP contribution in [-0.2, 0) is 0 Å². The van der Waals surface area contributed by atoms with Crippen LogP contribution in [0.4, 0.5) is 10.6 Å². The molecule has 2 aromatic heterocycles. The molecule has 0 spiro atoms. The molecule has 2 aliphatic rings. The van der Waals surface area contributed by atoms with Crippen LogP contribution in [0.3, 0.4) is 0 Å². The number of rotatable bonds is 5. The monoisotopic (exact) mass is 490 g/mol. The van der Waals surface area contributed by atoms with Gasteiger partial charge in [-0.1, -0.05) is 26.8 Å². The van der Waals surface area contributed by atoms with Gasteiger partial charge in [0.25, 0.3) is 0 Å². The summed E-state index contributed by atoms with van der Waals surface area (Å²) in [6, 6.07) is 10.2. The number of methoxy groups -OCH3 is 1. The predicted molar refractivity (Wildman–Crippen MR) is 138 cm³/mol. The number of carboxylic acid groups (broad SMARTS) is 1. The van der Waals surface area contributed by atoms with Crippen LogP contribution < -0.4 is 9.64 Å². The minimum absolute atomic E-state index is 0.0353. The Hall–Kier alpha value is -3.62. The Morgan fingerprint density at radius 1 is 1.22 bits per heavy atom. The van der Waals surface area contributed by atoms with Crippen LogP contribution in [0.2, 0.25) is 0 Å². The van der Waals surface area contributed by atoms with Crippen LogP contribution in [0, 0.1) is 5.41 Å². The number of aromatic nitrogens is 4. The zero-order valence-electron chi connectivity index (χ0n) is 21.5. The number of aromatic amines is 1. The maximum Gasteiger partial charge on any atom is 0.408 e. The van der Waals surface area contributed by atoms with E-state index in [-0.39, 0.29) is 23.0 Å². The van der Waals surface area contributed by atoms with Gasteiger partial charge in [0.15, 0.2) is 5.82 Å². The molecule has 9 nitrogen and oxygen atoms in total. The van der Waals surface area contributed by atoms with Crippen molar-refractivity contribution in [3.05, 3.63) is 42.7 Å². The molecule has 5 rings (SSSR count). The second-order valence-corrected chi connectivity index (χ2v) is 11.0. The van der Waals surface area contributed by atoms with E-state index >= 15 is 0 Å². The van der Waals surface area contributed by atoms with E-state index in [0.717, 1.165) is 53.9 Å². The fourth-order valence-electron chi connectivity index (χ4n) is 6.23. The molecule has 190 valence electrons. The van der Waals surface area contributed by atoms with Crippen LogP contribution >= 0.6 is 0 Å². The Balaban J connectivity index is 1.39. The zero-order valence-corrected chi connectivity index (χ0v) is 21.5. The van der Waals surface area contributed by atoms with Crippen molar-refractivity contribution in [2.45, 2.75) is 64.1 Å². The summed E-state index contributed by atoms with van der Waals surface area (Å²) in [5, 5.41) is 26.0. The summed E-state index contributed by atoms with van der Waals surface area (Å²) in [7, 11) is 3.69. The van der Waals surface area contributed by atoms with Crippen molar-refractivity contribution < 1.29 is 14.6 Å². The smallest absolute Gasteiger partial charge is 0.408 e. The molecule has 4 heterocycles. The second-order valence-electron chi connectivity index (χ2n) is 11.0. The number of fused-ring (bicyclic) bond motifs is 2. The molecule has 2 bridgehead atoms. The van der Waals surface area contributed by atoms with Gasteiger partial charge in [-0.05, 0) is 60.9 Å². The lowest BCUT2D eigenvalue weighted by atomic mass is 9.67. The highest BCUT2D eigenvalue weighted by Gasteiger charge is 2.59. The molecule has 0 saturated carbocycles. The summed E-state index contributed by atoms with van der Waals surface area (Å²) in [4.78, 5) is 16.1. The predicted octanol–water partition coefficient (Wildman–Crippen LogP) is 5.07. The molecule has 9 heteroatoms. The Bertz CT molecular complexity index is 1240. The first-order valence-corrected chi connectivity index (χ1v) is 12.4. The summed E-state index contributed by atoms with van der Waals surface area (Å²) in [6.45, 7) is 6.48. The molecule has 36 heavy (non-hydrogen) atoms. The number of amides is 1. The van der Waals surface area contributed by atoms with Crippen molar-refractivity contribution in [3.63, 3.8) is 0 Å². The number of nitrogens with one attached hydrogen (secondary N) is 1. The van der Waals surface area contributed by atoms with Crippen LogP contribution in [0.25, 0.3) is 22.4 Å². The zero-order chi connectivity index (χ0) is 25.7. The maximum atomic E-state index is 12.2. The Kier molecular flexibility index (Phi) is 5.89. The summed E-state index contributed by atoms with van der Waals surface area (Å²) in [5.74, 6) is 1.50. The molecule has 2 N–H and O–H groups in total. The molecular weight excluding hydrogens is 456 g/mol. The Labute approximate surface area is 211 Å². The molecule has 2 saturated heterocycles. The lowest BCUT2D eigenvalue weighted by molar-refractivity contribution is -0.0204. The SMILES string of the molecule is COc1cc(-c2cn[nH]c2)ccc1-c1ccc(N(C)[C@H]2C[C@@H]3CC[C@](C(C)(C)C)(C2)N3C(=O)O)nn1. The largest absolute Gasteiger partial charge is 0.496 e. The highest BCUT2D eigenvalue weighted by molar-refractivity contribution is 5.74. The van der Waals surface area contributed by atoms with Crippen molar-refractivity contribution >= 4 is 11.9 Å². The van der Waals surface area contributed by atoms with Gasteiger partial charge in [-0.2, -0.15) is 5.10 Å². The van der Waals surface area contributed by atoms with Gasteiger partial charge in [0.2, 0.25) is 0 Å². The molecule has 1 amide bonds. The molecule has 2 aliphatic heterocycles. The average molecular weight is 491 g/mol. The minimum Gasteiger partial charge on any atom is -0.496 e. The van der Waals surface area contributed by atoms with E-state index in [9.17, 15) is 9.90 Å². The number of hydrogen-bond acceptors (Lipinski definition) is 6. The van der Waals surface area contributed by atoms with E-state index in [1.54, 1.807) is 18.2 Å². The Morgan fingerprint density at radius 3 is 2.64 bits per heavy atom. The summed E-state index contributed by atoms with van der Waals surface area (Å²) >= 11 is 0. The number of anilines is 1. The highest BCUT2D eigenvalue weighted by Crippen LogP contribution is 2.54. The van der Waals surface area contributed by atoms with Gasteiger partial charge < -0.3 is 14.7 Å². The maximum absolute atomic E-state index is 12.2. The van der Waals surface area contributed by atoms with E-state index in [1.807, 2.05) is 43.6 Å². The lowest BCUT2D eigenvalue weighted by Gasteiger charge is -2.54. The van der Waals surface area contributed by atoms with E-state index < -0.39 is 6.09 Å². The standard InChI is InChI=1S/C27H34N6O3/c1-26(2,3)27-11-10-19(33(27)25(34)35)13-20(14-27)32(4)24-9-8-22(30-31-24)21-7-6-17(12-23(21)36-5)18-15-28-29-16-18/h6-9,12,15-16,19-20H,10-11,13-14H2,1-5H3,(H,28,29)(H,34,35)/t19-,20-,27+/m0/s1. The van der Waals surface area contributed by atoms with Gasteiger partial charge in [-0.15, -0.1) is 10.2 Å². The Morgan fingerprint density at radius 2 is 2.03 bits per heavy atom. The number of carbonyl (C=O) groups is 1. The number of H-pyrrole nitrogens is 1. The fourth-order valence-corrected chi connectivity index (χ4v) is 6.23. The number of ether oxygens (including phenoxy) is 1. The molecular formula is C27H34N6O3. The van der Waals surface area contributed by atoms with Gasteiger partial charge in [0, 0.05) is 36.5 Å². The first-order valence-electron chi connectivity index (χ1n) is 12.4. The minimum atomic E-state index is -0.801. The van der Waals surface area contributed by atoms with Crippen molar-refractivity contribution in [2.24, 2.45) is 5.41 Å². The lowest BCUT2D eigenvalue weighted by Crippen LogP contribution is -2.64. The number of nitrogens with zero attached hydrogens (tertiary/aromatic N) is 5. The molecule has 0 aliphatic carbocycles. The molecule has 2 fully saturated rings. The van der Waals surface area contributed by atoms with Gasteiger partial charge in [-0.25, -0.2) is 4.79 Å². The molecule has 3 aromatic rings. The number of hydrogen-bond donors (Lipinski definition) is 2. The van der Waals surface area contributed by atoms with Gasteiger partial charge in [0.05, 0.1) is 24.5 Å². The topological polar surface area (TPSA) is 107 Å². The van der Waals surface area contributed by atoms with Gasteiger partial charge >= 0.3 is 6.09 Å². The van der Waals surface area contributed by atoms with Crippen LogP contribution in [-0.4, -0.2) is 68.3 Å². The summed E-state index contributed by atoms with van der Waals surface area (Å²) in [5.41, 5.74) is 3.05. The summed E-state index contributed by atoms with van der Waals surface area (Å²) < 4.78 is 5.65. The fraction of sp³-hybridized carbons (Fsp3) is 0.481.